The molecule has 3 atom stereocenters. The highest BCUT2D eigenvalue weighted by Gasteiger charge is 2.27. The monoisotopic (exact) mass is 201 g/mol. The summed E-state index contributed by atoms with van der Waals surface area (Å²) in [5.41, 5.74) is -0.628. The van der Waals surface area contributed by atoms with Crippen LogP contribution in [0, 0.1) is 0 Å². The van der Waals surface area contributed by atoms with E-state index in [4.69, 9.17) is 0 Å². The zero-order chi connectivity index (χ0) is 10.6. The summed E-state index contributed by atoms with van der Waals surface area (Å²) in [4.78, 5) is 0. The highest BCUT2D eigenvalue weighted by atomic mass is 16.3. The number of hydrogen-bond acceptors (Lipinski definition) is 3. The van der Waals surface area contributed by atoms with Gasteiger partial charge >= 0.3 is 0 Å². The molecule has 0 aromatic carbocycles. The van der Waals surface area contributed by atoms with Crippen LogP contribution in [0.5, 0.6) is 0 Å². The smallest absolute Gasteiger partial charge is 0.0743 e. The minimum Gasteiger partial charge on any atom is -0.392 e. The highest BCUT2D eigenvalue weighted by molar-refractivity contribution is 4.85. The molecule has 0 aromatic rings. The van der Waals surface area contributed by atoms with Crippen molar-refractivity contribution in [1.82, 2.24) is 5.32 Å². The Bertz CT molecular complexity index is 171. The molecule has 1 aliphatic rings. The van der Waals surface area contributed by atoms with E-state index < -0.39 is 5.60 Å². The first-order valence-electron chi connectivity index (χ1n) is 5.69. The number of aliphatic hydroxyl groups excluding tert-OH is 1. The van der Waals surface area contributed by atoms with Gasteiger partial charge in [0.2, 0.25) is 0 Å². The summed E-state index contributed by atoms with van der Waals surface area (Å²) in [6.45, 7) is 4.51. The zero-order valence-corrected chi connectivity index (χ0v) is 9.29. The molecule has 0 radical (unpaired) electrons. The van der Waals surface area contributed by atoms with Gasteiger partial charge < -0.3 is 15.5 Å². The summed E-state index contributed by atoms with van der Waals surface area (Å²) in [6, 6.07) is 0.193. The van der Waals surface area contributed by atoms with Gasteiger partial charge in [0.05, 0.1) is 11.7 Å². The number of hydrogen-bond donors (Lipinski definition) is 3. The van der Waals surface area contributed by atoms with Gasteiger partial charge in [-0.1, -0.05) is 13.3 Å². The lowest BCUT2D eigenvalue weighted by Crippen LogP contribution is -2.45. The molecule has 0 aliphatic heterocycles. The van der Waals surface area contributed by atoms with Crippen LogP contribution in [0.25, 0.3) is 0 Å². The molecule has 0 amide bonds. The van der Waals surface area contributed by atoms with E-state index in [1.54, 1.807) is 0 Å². The maximum atomic E-state index is 9.92. The lowest BCUT2D eigenvalue weighted by atomic mass is 10.00. The summed E-state index contributed by atoms with van der Waals surface area (Å²) < 4.78 is 0. The first-order valence-corrected chi connectivity index (χ1v) is 5.69. The van der Waals surface area contributed by atoms with Crippen molar-refractivity contribution < 1.29 is 10.2 Å². The first-order chi connectivity index (χ1) is 6.55. The van der Waals surface area contributed by atoms with E-state index in [-0.39, 0.29) is 12.1 Å². The molecule has 3 N–H and O–H groups in total. The van der Waals surface area contributed by atoms with Crippen LogP contribution in [-0.4, -0.2) is 34.5 Å². The Hall–Kier alpha value is -0.120. The maximum Gasteiger partial charge on any atom is 0.0743 e. The molecule has 0 saturated heterocycles. The molecule has 3 nitrogen and oxygen atoms in total. The summed E-state index contributed by atoms with van der Waals surface area (Å²) in [6.07, 6.45) is 4.60. The molecule has 0 heterocycles. The molecule has 0 bridgehead atoms. The van der Waals surface area contributed by atoms with Gasteiger partial charge in [-0.15, -0.1) is 0 Å². The minimum absolute atomic E-state index is 0.193. The number of rotatable bonds is 5. The summed E-state index contributed by atoms with van der Waals surface area (Å²) >= 11 is 0. The third-order valence-electron chi connectivity index (χ3n) is 3.01. The van der Waals surface area contributed by atoms with Crippen LogP contribution in [0.3, 0.4) is 0 Å². The van der Waals surface area contributed by atoms with Crippen LogP contribution in [0.15, 0.2) is 0 Å². The first kappa shape index (κ1) is 12.0. The third-order valence-corrected chi connectivity index (χ3v) is 3.01. The molecule has 1 saturated carbocycles. The van der Waals surface area contributed by atoms with E-state index in [1.165, 1.54) is 0 Å². The molecule has 1 unspecified atom stereocenters. The topological polar surface area (TPSA) is 52.5 Å². The second-order valence-corrected chi connectivity index (χ2v) is 4.73. The average molecular weight is 201 g/mol. The van der Waals surface area contributed by atoms with Crippen LogP contribution in [0.4, 0.5) is 0 Å². The Labute approximate surface area is 86.5 Å². The molecule has 84 valence electrons. The van der Waals surface area contributed by atoms with Crippen molar-refractivity contribution in [2.75, 3.05) is 6.54 Å². The van der Waals surface area contributed by atoms with Gasteiger partial charge in [0.15, 0.2) is 0 Å². The zero-order valence-electron chi connectivity index (χ0n) is 9.29. The van der Waals surface area contributed by atoms with Crippen molar-refractivity contribution >= 4 is 0 Å². The predicted octanol–water partition coefficient (Wildman–Crippen LogP) is 1.04. The third kappa shape index (κ3) is 3.56. The van der Waals surface area contributed by atoms with E-state index in [0.717, 1.165) is 32.1 Å². The standard InChI is InChI=1S/C11H23NO2/c1-3-7-11(2,14)8-12-9-5-4-6-10(9)13/h9-10,12-14H,3-8H2,1-2H3/t9-,10-,11?/m0/s1. The molecule has 0 spiro atoms. The quantitative estimate of drug-likeness (QED) is 0.623. The second kappa shape index (κ2) is 5.10. The van der Waals surface area contributed by atoms with Crippen molar-refractivity contribution in [1.29, 1.82) is 0 Å². The molecule has 1 fully saturated rings. The SMILES string of the molecule is CCCC(C)(O)CN[C@H]1CCC[C@@H]1O. The van der Waals surface area contributed by atoms with Crippen LogP contribution >= 0.6 is 0 Å². The number of aliphatic hydroxyl groups is 2. The molecule has 14 heavy (non-hydrogen) atoms. The van der Waals surface area contributed by atoms with Gasteiger partial charge in [0, 0.05) is 12.6 Å². The molecule has 0 aromatic heterocycles. The number of nitrogens with one attached hydrogen (secondary N) is 1. The molecule has 1 aliphatic carbocycles. The van der Waals surface area contributed by atoms with E-state index in [1.807, 2.05) is 6.92 Å². The second-order valence-electron chi connectivity index (χ2n) is 4.73. The Balaban J connectivity index is 2.25. The molecule has 1 rings (SSSR count). The lowest BCUT2D eigenvalue weighted by Gasteiger charge is -2.26. The van der Waals surface area contributed by atoms with E-state index in [0.29, 0.717) is 6.54 Å². The fourth-order valence-electron chi connectivity index (χ4n) is 2.16. The maximum absolute atomic E-state index is 9.92. The Morgan fingerprint density at radius 2 is 2.14 bits per heavy atom. The van der Waals surface area contributed by atoms with Crippen molar-refractivity contribution in [2.45, 2.75) is 63.7 Å². The lowest BCUT2D eigenvalue weighted by molar-refractivity contribution is 0.0408. The van der Waals surface area contributed by atoms with Gasteiger partial charge in [-0.3, -0.25) is 0 Å². The van der Waals surface area contributed by atoms with Crippen LogP contribution in [0.1, 0.15) is 46.0 Å². The fraction of sp³-hybridized carbons (Fsp3) is 1.00. The van der Waals surface area contributed by atoms with Crippen molar-refractivity contribution in [2.24, 2.45) is 0 Å². The largest absolute Gasteiger partial charge is 0.392 e. The molecular weight excluding hydrogens is 178 g/mol. The summed E-state index contributed by atoms with van der Waals surface area (Å²) in [5, 5.41) is 22.7. The predicted molar refractivity (Wildman–Crippen MR) is 57.2 cm³/mol. The van der Waals surface area contributed by atoms with Crippen molar-refractivity contribution in [3.8, 4) is 0 Å². The van der Waals surface area contributed by atoms with Gasteiger partial charge in [-0.05, 0) is 32.6 Å². The van der Waals surface area contributed by atoms with Crippen molar-refractivity contribution in [3.05, 3.63) is 0 Å². The fourth-order valence-corrected chi connectivity index (χ4v) is 2.16. The molecule has 3 heteroatoms. The Morgan fingerprint density at radius 3 is 2.64 bits per heavy atom. The van der Waals surface area contributed by atoms with E-state index in [2.05, 4.69) is 12.2 Å². The van der Waals surface area contributed by atoms with E-state index >= 15 is 0 Å². The Morgan fingerprint density at radius 1 is 1.43 bits per heavy atom. The highest BCUT2D eigenvalue weighted by Crippen LogP contribution is 2.20. The van der Waals surface area contributed by atoms with Gasteiger partial charge in [0.25, 0.3) is 0 Å². The van der Waals surface area contributed by atoms with E-state index in [9.17, 15) is 10.2 Å². The summed E-state index contributed by atoms with van der Waals surface area (Å²) in [5.74, 6) is 0. The normalized spacial score (nSPS) is 31.7. The minimum atomic E-state index is -0.628. The van der Waals surface area contributed by atoms with Crippen LogP contribution in [0.2, 0.25) is 0 Å². The van der Waals surface area contributed by atoms with Gasteiger partial charge in [-0.2, -0.15) is 0 Å². The van der Waals surface area contributed by atoms with Gasteiger partial charge in [-0.25, -0.2) is 0 Å². The van der Waals surface area contributed by atoms with Crippen LogP contribution < -0.4 is 5.32 Å². The van der Waals surface area contributed by atoms with Gasteiger partial charge in [0.1, 0.15) is 0 Å². The van der Waals surface area contributed by atoms with Crippen molar-refractivity contribution in [3.63, 3.8) is 0 Å². The average Bonchev–Trinajstić information content (AvgIpc) is 2.48. The summed E-state index contributed by atoms with van der Waals surface area (Å²) in [7, 11) is 0. The van der Waals surface area contributed by atoms with Crippen LogP contribution in [-0.2, 0) is 0 Å². The molecular formula is C11H23NO2. The Kier molecular flexibility index (Phi) is 4.35.